The minimum atomic E-state index is -0.564. The lowest BCUT2D eigenvalue weighted by Gasteiger charge is -2.08. The van der Waals surface area contributed by atoms with Crippen molar-refractivity contribution in [2.75, 3.05) is 6.61 Å². The van der Waals surface area contributed by atoms with Crippen molar-refractivity contribution in [3.05, 3.63) is 54.1 Å². The topological polar surface area (TPSA) is 9.23 Å². The van der Waals surface area contributed by atoms with Gasteiger partial charge in [-0.3, -0.25) is 0 Å². The molecule has 0 fully saturated rings. The van der Waals surface area contributed by atoms with E-state index in [2.05, 4.69) is 6.92 Å². The van der Waals surface area contributed by atoms with Crippen LogP contribution in [0.25, 0.3) is 11.1 Å². The predicted octanol–water partition coefficient (Wildman–Crippen LogP) is 6.76. The molecule has 0 unspecified atom stereocenters. The van der Waals surface area contributed by atoms with E-state index in [-0.39, 0.29) is 0 Å². The second-order valence-electron chi connectivity index (χ2n) is 6.12. The van der Waals surface area contributed by atoms with Gasteiger partial charge in [0.1, 0.15) is 17.4 Å². The largest absolute Gasteiger partial charge is 0.494 e. The molecule has 130 valence electrons. The molecule has 1 nitrogen and oxygen atoms in total. The number of hydrogen-bond acceptors (Lipinski definition) is 1. The second kappa shape index (κ2) is 10.1. The molecular weight excluding hydrogens is 306 g/mol. The Morgan fingerprint density at radius 1 is 0.792 bits per heavy atom. The molecule has 0 saturated heterocycles. The molecule has 0 spiro atoms. The fraction of sp³-hybridized carbons (Fsp3) is 0.429. The molecule has 0 atom stereocenters. The van der Waals surface area contributed by atoms with Crippen LogP contribution in [0.5, 0.6) is 5.75 Å². The third-order valence-corrected chi connectivity index (χ3v) is 4.11. The van der Waals surface area contributed by atoms with Crippen LogP contribution in [0.2, 0.25) is 0 Å². The van der Waals surface area contributed by atoms with Crippen LogP contribution in [0.15, 0.2) is 42.5 Å². The molecule has 0 bridgehead atoms. The normalized spacial score (nSPS) is 10.8. The zero-order valence-electron chi connectivity index (χ0n) is 14.4. The first kappa shape index (κ1) is 18.4. The predicted molar refractivity (Wildman–Crippen MR) is 95.3 cm³/mol. The first-order valence-electron chi connectivity index (χ1n) is 8.89. The highest BCUT2D eigenvalue weighted by Gasteiger charge is 2.06. The van der Waals surface area contributed by atoms with E-state index in [1.54, 1.807) is 12.1 Å². The summed E-state index contributed by atoms with van der Waals surface area (Å²) >= 11 is 0. The Morgan fingerprint density at radius 2 is 1.46 bits per heavy atom. The van der Waals surface area contributed by atoms with Crippen LogP contribution in [-0.4, -0.2) is 6.61 Å². The zero-order chi connectivity index (χ0) is 17.2. The van der Waals surface area contributed by atoms with Crippen LogP contribution in [0.3, 0.4) is 0 Å². The van der Waals surface area contributed by atoms with Crippen molar-refractivity contribution in [2.45, 2.75) is 51.9 Å². The van der Waals surface area contributed by atoms with Crippen LogP contribution < -0.4 is 4.74 Å². The summed E-state index contributed by atoms with van der Waals surface area (Å²) in [5.41, 5.74) is 1.12. The molecule has 0 saturated carbocycles. The number of hydrogen-bond donors (Lipinski definition) is 0. The van der Waals surface area contributed by atoms with Crippen LogP contribution >= 0.6 is 0 Å². The fourth-order valence-corrected chi connectivity index (χ4v) is 2.70. The highest BCUT2D eigenvalue weighted by atomic mass is 19.1. The van der Waals surface area contributed by atoms with Gasteiger partial charge in [-0.2, -0.15) is 0 Å². The van der Waals surface area contributed by atoms with Gasteiger partial charge in [0, 0.05) is 11.6 Å². The summed E-state index contributed by atoms with van der Waals surface area (Å²) in [6, 6.07) is 10.9. The van der Waals surface area contributed by atoms with Gasteiger partial charge in [-0.05, 0) is 36.2 Å². The molecule has 24 heavy (non-hydrogen) atoms. The van der Waals surface area contributed by atoms with Gasteiger partial charge in [0.05, 0.1) is 6.61 Å². The summed E-state index contributed by atoms with van der Waals surface area (Å²) in [5, 5.41) is 0. The molecule has 0 N–H and O–H groups in total. The van der Waals surface area contributed by atoms with Crippen LogP contribution in [0.1, 0.15) is 51.9 Å². The second-order valence-corrected chi connectivity index (χ2v) is 6.12. The summed E-state index contributed by atoms with van der Waals surface area (Å²) in [6.07, 6.45) is 8.78. The summed E-state index contributed by atoms with van der Waals surface area (Å²) in [5.74, 6) is -0.329. The Kier molecular flexibility index (Phi) is 7.73. The van der Waals surface area contributed by atoms with E-state index in [0.29, 0.717) is 12.2 Å². The van der Waals surface area contributed by atoms with Gasteiger partial charge in [-0.1, -0.05) is 57.6 Å². The maximum absolute atomic E-state index is 13.8. The Morgan fingerprint density at radius 3 is 2.12 bits per heavy atom. The Balaban J connectivity index is 1.74. The lowest BCUT2D eigenvalue weighted by Crippen LogP contribution is -1.97. The lowest BCUT2D eigenvalue weighted by atomic mass is 10.1. The van der Waals surface area contributed by atoms with E-state index in [1.165, 1.54) is 50.7 Å². The van der Waals surface area contributed by atoms with Crippen LogP contribution in [-0.2, 0) is 0 Å². The molecule has 0 aliphatic heterocycles. The molecule has 0 aliphatic carbocycles. The van der Waals surface area contributed by atoms with E-state index in [0.717, 1.165) is 23.8 Å². The van der Waals surface area contributed by atoms with Crippen LogP contribution in [0, 0.1) is 11.6 Å². The third-order valence-electron chi connectivity index (χ3n) is 4.11. The number of benzene rings is 2. The van der Waals surface area contributed by atoms with Gasteiger partial charge in [-0.25, -0.2) is 8.78 Å². The van der Waals surface area contributed by atoms with Gasteiger partial charge in [0.15, 0.2) is 0 Å². The van der Waals surface area contributed by atoms with Gasteiger partial charge in [0.25, 0.3) is 0 Å². The summed E-state index contributed by atoms with van der Waals surface area (Å²) in [7, 11) is 0. The van der Waals surface area contributed by atoms with Gasteiger partial charge < -0.3 is 4.74 Å². The van der Waals surface area contributed by atoms with Crippen molar-refractivity contribution < 1.29 is 13.5 Å². The number of unbranched alkanes of at least 4 members (excludes halogenated alkanes) is 6. The van der Waals surface area contributed by atoms with Gasteiger partial charge >= 0.3 is 0 Å². The van der Waals surface area contributed by atoms with Crippen molar-refractivity contribution in [1.29, 1.82) is 0 Å². The smallest absolute Gasteiger partial charge is 0.133 e. The third kappa shape index (κ3) is 5.95. The van der Waals surface area contributed by atoms with Crippen molar-refractivity contribution >= 4 is 0 Å². The first-order chi connectivity index (χ1) is 11.7. The Hall–Kier alpha value is -1.90. The van der Waals surface area contributed by atoms with E-state index >= 15 is 0 Å². The highest BCUT2D eigenvalue weighted by Crippen LogP contribution is 2.25. The molecular formula is C21H26F2O. The monoisotopic (exact) mass is 332 g/mol. The number of ether oxygens (including phenoxy) is 1. The van der Waals surface area contributed by atoms with Crippen molar-refractivity contribution in [3.63, 3.8) is 0 Å². The van der Waals surface area contributed by atoms with E-state index < -0.39 is 11.6 Å². The molecule has 2 aromatic carbocycles. The molecule has 0 aromatic heterocycles. The van der Waals surface area contributed by atoms with E-state index in [4.69, 9.17) is 4.74 Å². The van der Waals surface area contributed by atoms with E-state index in [9.17, 15) is 8.78 Å². The molecule has 2 rings (SSSR count). The average Bonchev–Trinajstić information content (AvgIpc) is 2.58. The Labute approximate surface area is 143 Å². The average molecular weight is 332 g/mol. The number of halogens is 2. The quantitative estimate of drug-likeness (QED) is 0.437. The number of rotatable bonds is 10. The summed E-state index contributed by atoms with van der Waals surface area (Å²) in [6.45, 7) is 2.93. The van der Waals surface area contributed by atoms with Gasteiger partial charge in [-0.15, -0.1) is 0 Å². The first-order valence-corrected chi connectivity index (χ1v) is 8.89. The van der Waals surface area contributed by atoms with Crippen LogP contribution in [0.4, 0.5) is 8.78 Å². The summed E-state index contributed by atoms with van der Waals surface area (Å²) < 4.78 is 32.4. The highest BCUT2D eigenvalue weighted by molar-refractivity contribution is 5.64. The lowest BCUT2D eigenvalue weighted by molar-refractivity contribution is 0.304. The van der Waals surface area contributed by atoms with Crippen molar-refractivity contribution in [2.24, 2.45) is 0 Å². The minimum Gasteiger partial charge on any atom is -0.494 e. The fourth-order valence-electron chi connectivity index (χ4n) is 2.70. The molecule has 2 aromatic rings. The molecule has 0 radical (unpaired) electrons. The van der Waals surface area contributed by atoms with Crippen molar-refractivity contribution in [1.82, 2.24) is 0 Å². The maximum atomic E-state index is 13.8. The summed E-state index contributed by atoms with van der Waals surface area (Å²) in [4.78, 5) is 0. The SMILES string of the molecule is CCCCCCCCCOc1ccc(-c2ccc(F)cc2F)cc1. The minimum absolute atomic E-state index is 0.398. The molecule has 0 aliphatic rings. The zero-order valence-corrected chi connectivity index (χ0v) is 14.4. The molecule has 0 heterocycles. The van der Waals surface area contributed by atoms with E-state index in [1.807, 2.05) is 12.1 Å². The van der Waals surface area contributed by atoms with Gasteiger partial charge in [0.2, 0.25) is 0 Å². The standard InChI is InChI=1S/C21H26F2O/c1-2-3-4-5-6-7-8-15-24-19-12-9-17(10-13-19)20-14-11-18(22)16-21(20)23/h9-14,16H,2-8,15H2,1H3. The molecule has 3 heteroatoms. The molecule has 0 amide bonds. The maximum Gasteiger partial charge on any atom is 0.133 e. The van der Waals surface area contributed by atoms with Crippen molar-refractivity contribution in [3.8, 4) is 16.9 Å². The Bertz CT molecular complexity index is 608.